The maximum Gasteiger partial charge on any atom is 0.260 e. The molecule has 8 heteroatoms. The van der Waals surface area contributed by atoms with Crippen LogP contribution in [0.3, 0.4) is 0 Å². The number of hydrogen-bond acceptors (Lipinski definition) is 6. The molecule has 134 valence electrons. The second-order valence-corrected chi connectivity index (χ2v) is 6.32. The van der Waals surface area contributed by atoms with Crippen molar-refractivity contribution in [1.29, 1.82) is 0 Å². The van der Waals surface area contributed by atoms with Crippen LogP contribution < -0.4 is 0 Å². The van der Waals surface area contributed by atoms with Gasteiger partial charge < -0.3 is 13.9 Å². The Morgan fingerprint density at radius 2 is 2.15 bits per heavy atom. The zero-order valence-electron chi connectivity index (χ0n) is 14.2. The van der Waals surface area contributed by atoms with Gasteiger partial charge in [-0.05, 0) is 31.9 Å². The Balaban J connectivity index is 1.53. The number of aromatic nitrogens is 3. The Hall–Kier alpha value is -3.03. The summed E-state index contributed by atoms with van der Waals surface area (Å²) in [6, 6.07) is 6.26. The lowest BCUT2D eigenvalue weighted by Gasteiger charge is -2.31. The van der Waals surface area contributed by atoms with Crippen molar-refractivity contribution in [3.8, 4) is 11.5 Å². The van der Waals surface area contributed by atoms with E-state index in [0.717, 1.165) is 12.8 Å². The molecule has 1 atom stereocenters. The number of hydrogen-bond donors (Lipinski definition) is 0. The van der Waals surface area contributed by atoms with Crippen LogP contribution in [0.4, 0.5) is 4.39 Å². The van der Waals surface area contributed by atoms with Crippen LogP contribution in [-0.2, 0) is 0 Å². The molecule has 1 fully saturated rings. The number of carbonyl (C=O) groups is 1. The SMILES string of the molecule is Cc1oncc1C(=O)N1CCCC(c2noc(-c3ccccc3F)n2)C1. The van der Waals surface area contributed by atoms with E-state index >= 15 is 0 Å². The maximum atomic E-state index is 13.9. The molecule has 26 heavy (non-hydrogen) atoms. The molecular formula is C18H17FN4O3. The van der Waals surface area contributed by atoms with E-state index in [4.69, 9.17) is 9.05 Å². The van der Waals surface area contributed by atoms with E-state index in [2.05, 4.69) is 15.3 Å². The van der Waals surface area contributed by atoms with Gasteiger partial charge in [-0.3, -0.25) is 4.79 Å². The lowest BCUT2D eigenvalue weighted by atomic mass is 9.97. The first kappa shape index (κ1) is 16.4. The molecule has 1 aliphatic rings. The van der Waals surface area contributed by atoms with Gasteiger partial charge in [0, 0.05) is 19.0 Å². The average Bonchev–Trinajstić information content (AvgIpc) is 3.31. The first-order valence-corrected chi connectivity index (χ1v) is 8.42. The second kappa shape index (κ2) is 6.70. The highest BCUT2D eigenvalue weighted by atomic mass is 19.1. The number of rotatable bonds is 3. The number of nitrogens with zero attached hydrogens (tertiary/aromatic N) is 4. The van der Waals surface area contributed by atoms with Gasteiger partial charge >= 0.3 is 0 Å². The summed E-state index contributed by atoms with van der Waals surface area (Å²) < 4.78 is 24.1. The molecule has 0 aliphatic carbocycles. The number of halogens is 1. The number of likely N-dealkylation sites (tertiary alicyclic amines) is 1. The highest BCUT2D eigenvalue weighted by molar-refractivity contribution is 5.94. The molecule has 7 nitrogen and oxygen atoms in total. The minimum absolute atomic E-state index is 0.0582. The van der Waals surface area contributed by atoms with Gasteiger partial charge in [0.05, 0.1) is 11.8 Å². The van der Waals surface area contributed by atoms with Crippen molar-refractivity contribution in [3.05, 3.63) is 53.4 Å². The molecule has 1 amide bonds. The fourth-order valence-corrected chi connectivity index (χ4v) is 3.19. The van der Waals surface area contributed by atoms with Gasteiger partial charge in [0.25, 0.3) is 11.8 Å². The van der Waals surface area contributed by atoms with Crippen LogP contribution in [-0.4, -0.2) is 39.2 Å². The fraction of sp³-hybridized carbons (Fsp3) is 0.333. The molecule has 3 heterocycles. The molecule has 1 aromatic carbocycles. The van der Waals surface area contributed by atoms with Gasteiger partial charge in [-0.25, -0.2) is 4.39 Å². The van der Waals surface area contributed by atoms with E-state index < -0.39 is 5.82 Å². The summed E-state index contributed by atoms with van der Waals surface area (Å²) in [4.78, 5) is 18.7. The highest BCUT2D eigenvalue weighted by Crippen LogP contribution is 2.29. The smallest absolute Gasteiger partial charge is 0.260 e. The predicted molar refractivity (Wildman–Crippen MR) is 88.8 cm³/mol. The van der Waals surface area contributed by atoms with Crippen LogP contribution in [0.5, 0.6) is 0 Å². The Kier molecular flexibility index (Phi) is 4.24. The largest absolute Gasteiger partial charge is 0.361 e. The third-order valence-electron chi connectivity index (χ3n) is 4.60. The number of piperidine rings is 1. The lowest BCUT2D eigenvalue weighted by Crippen LogP contribution is -2.39. The normalized spacial score (nSPS) is 17.5. The van der Waals surface area contributed by atoms with E-state index in [9.17, 15) is 9.18 Å². The van der Waals surface area contributed by atoms with Crippen LogP contribution >= 0.6 is 0 Å². The standard InChI is InChI=1S/C18H17FN4O3/c1-11-14(9-20-25-11)18(24)23-8-4-5-12(10-23)16-21-17(26-22-16)13-6-2-3-7-15(13)19/h2-3,6-7,9,12H,4-5,8,10H2,1H3. The zero-order chi connectivity index (χ0) is 18.1. The summed E-state index contributed by atoms with van der Waals surface area (Å²) in [6.07, 6.45) is 3.10. The molecule has 0 N–H and O–H groups in total. The first-order chi connectivity index (χ1) is 12.6. The Labute approximate surface area is 148 Å². The van der Waals surface area contributed by atoms with E-state index in [-0.39, 0.29) is 23.3 Å². The van der Waals surface area contributed by atoms with Crippen LogP contribution in [0.15, 0.2) is 39.5 Å². The van der Waals surface area contributed by atoms with Gasteiger partial charge in [0.1, 0.15) is 17.1 Å². The van der Waals surface area contributed by atoms with Crippen LogP contribution in [0.25, 0.3) is 11.5 Å². The van der Waals surface area contributed by atoms with Gasteiger partial charge in [0.15, 0.2) is 5.82 Å². The molecule has 0 radical (unpaired) electrons. The molecule has 2 aromatic heterocycles. The summed E-state index contributed by atoms with van der Waals surface area (Å²) in [5.41, 5.74) is 0.737. The summed E-state index contributed by atoms with van der Waals surface area (Å²) in [7, 11) is 0. The Morgan fingerprint density at radius 1 is 1.31 bits per heavy atom. The molecule has 0 bridgehead atoms. The molecule has 1 saturated heterocycles. The quantitative estimate of drug-likeness (QED) is 0.716. The van der Waals surface area contributed by atoms with Crippen molar-refractivity contribution >= 4 is 5.91 Å². The van der Waals surface area contributed by atoms with E-state index in [1.54, 1.807) is 30.0 Å². The fourth-order valence-electron chi connectivity index (χ4n) is 3.19. The first-order valence-electron chi connectivity index (χ1n) is 8.42. The minimum atomic E-state index is -0.411. The van der Waals surface area contributed by atoms with Gasteiger partial charge in [-0.2, -0.15) is 4.98 Å². The number of carbonyl (C=O) groups excluding carboxylic acids is 1. The predicted octanol–water partition coefficient (Wildman–Crippen LogP) is 3.19. The zero-order valence-corrected chi connectivity index (χ0v) is 14.2. The number of aryl methyl sites for hydroxylation is 1. The monoisotopic (exact) mass is 356 g/mol. The molecule has 0 saturated carbocycles. The summed E-state index contributed by atoms with van der Waals surface area (Å²) in [5.74, 6) is 0.548. The lowest BCUT2D eigenvalue weighted by molar-refractivity contribution is 0.0702. The third kappa shape index (κ3) is 2.98. The number of benzene rings is 1. The summed E-state index contributed by atoms with van der Waals surface area (Å²) >= 11 is 0. The van der Waals surface area contributed by atoms with E-state index in [0.29, 0.717) is 30.2 Å². The summed E-state index contributed by atoms with van der Waals surface area (Å²) in [6.45, 7) is 2.83. The molecular weight excluding hydrogens is 339 g/mol. The highest BCUT2D eigenvalue weighted by Gasteiger charge is 2.30. The van der Waals surface area contributed by atoms with Crippen molar-refractivity contribution in [1.82, 2.24) is 20.2 Å². The molecule has 3 aromatic rings. The maximum absolute atomic E-state index is 13.9. The minimum Gasteiger partial charge on any atom is -0.361 e. The van der Waals surface area contributed by atoms with Gasteiger partial charge in [-0.1, -0.05) is 22.4 Å². The van der Waals surface area contributed by atoms with Gasteiger partial charge in [-0.15, -0.1) is 0 Å². The van der Waals surface area contributed by atoms with Crippen molar-refractivity contribution in [2.45, 2.75) is 25.7 Å². The van der Waals surface area contributed by atoms with Crippen molar-refractivity contribution in [3.63, 3.8) is 0 Å². The van der Waals surface area contributed by atoms with Crippen LogP contribution in [0.2, 0.25) is 0 Å². The average molecular weight is 356 g/mol. The van der Waals surface area contributed by atoms with Crippen molar-refractivity contribution in [2.75, 3.05) is 13.1 Å². The molecule has 4 rings (SSSR count). The number of amides is 1. The van der Waals surface area contributed by atoms with Crippen molar-refractivity contribution < 1.29 is 18.2 Å². The van der Waals surface area contributed by atoms with Crippen molar-refractivity contribution in [2.24, 2.45) is 0 Å². The molecule has 1 aliphatic heterocycles. The Bertz CT molecular complexity index is 936. The van der Waals surface area contributed by atoms with Crippen LogP contribution in [0, 0.1) is 12.7 Å². The molecule has 0 spiro atoms. The third-order valence-corrected chi connectivity index (χ3v) is 4.60. The topological polar surface area (TPSA) is 85.3 Å². The van der Waals surface area contributed by atoms with E-state index in [1.165, 1.54) is 12.3 Å². The van der Waals surface area contributed by atoms with Gasteiger partial charge in [0.2, 0.25) is 0 Å². The van der Waals surface area contributed by atoms with E-state index in [1.807, 2.05) is 0 Å². The Morgan fingerprint density at radius 3 is 2.92 bits per heavy atom. The molecule has 1 unspecified atom stereocenters. The summed E-state index contributed by atoms with van der Waals surface area (Å²) in [5, 5.41) is 7.67. The van der Waals surface area contributed by atoms with Crippen LogP contribution in [0.1, 0.15) is 40.7 Å². The second-order valence-electron chi connectivity index (χ2n) is 6.32.